The van der Waals surface area contributed by atoms with Crippen LogP contribution >= 0.6 is 11.6 Å². The predicted molar refractivity (Wildman–Crippen MR) is 148 cm³/mol. The van der Waals surface area contributed by atoms with Gasteiger partial charge in [0.15, 0.2) is 11.8 Å². The average Bonchev–Trinajstić information content (AvgIpc) is 3.75. The highest BCUT2D eigenvalue weighted by Gasteiger charge is 2.48. The lowest BCUT2D eigenvalue weighted by Crippen LogP contribution is -2.34. The number of nitrogens with one attached hydrogen (secondary N) is 1. The van der Waals surface area contributed by atoms with Crippen molar-refractivity contribution in [3.8, 4) is 28.4 Å². The van der Waals surface area contributed by atoms with E-state index in [1.54, 1.807) is 6.07 Å². The normalized spacial score (nSPS) is 24.4. The molecule has 0 unspecified atom stereocenters. The summed E-state index contributed by atoms with van der Waals surface area (Å²) in [7, 11) is 0. The fourth-order valence-electron chi connectivity index (χ4n) is 5.54. The molecular weight excluding hydrogens is 518 g/mol. The molecular formula is C29H28ClN5O4. The summed E-state index contributed by atoms with van der Waals surface area (Å²) in [6.07, 6.45) is -1.68. The van der Waals surface area contributed by atoms with Crippen LogP contribution in [0.1, 0.15) is 12.5 Å². The molecule has 0 bridgehead atoms. The zero-order chi connectivity index (χ0) is 26.5. The maximum Gasteiger partial charge on any atom is 0.296 e. The van der Waals surface area contributed by atoms with Crippen molar-refractivity contribution in [3.05, 3.63) is 65.2 Å². The van der Waals surface area contributed by atoms with E-state index in [4.69, 9.17) is 30.8 Å². The quantitative estimate of drug-likeness (QED) is 0.378. The van der Waals surface area contributed by atoms with Crippen LogP contribution in [0.4, 0.5) is 0 Å². The van der Waals surface area contributed by atoms with Crippen LogP contribution in [-0.2, 0) is 9.47 Å². The number of aliphatic imine (C=N–C) groups is 1. The Morgan fingerprint density at radius 3 is 2.41 bits per heavy atom. The van der Waals surface area contributed by atoms with Crippen molar-refractivity contribution in [1.82, 2.24) is 19.9 Å². The van der Waals surface area contributed by atoms with Gasteiger partial charge in [-0.1, -0.05) is 60.1 Å². The highest BCUT2D eigenvalue weighted by Crippen LogP contribution is 2.33. The van der Waals surface area contributed by atoms with Crippen molar-refractivity contribution < 1.29 is 19.3 Å². The minimum Gasteiger partial charge on any atom is -0.456 e. The summed E-state index contributed by atoms with van der Waals surface area (Å²) in [5.41, 5.74) is 6.11. The third kappa shape index (κ3) is 4.45. The maximum absolute atomic E-state index is 9.96. The standard InChI is InChI=1S/C29H28ClN5O4/c1-2-35-12-11-31-28(35)19-9-5-17(6-10-19)16-3-7-18(8-4-16)24-20(30)13-21-27(33-24)34-29(32-21)39-23-15-38-25-22(36)14-37-26(23)25/h3-10,13,22-23,25-26,36H,2,11-12,14-15H2,1H3,(H,32,33,34)/t22-,23-,25-,26-/m1/s1. The van der Waals surface area contributed by atoms with Crippen LogP contribution < -0.4 is 4.74 Å². The first-order valence-corrected chi connectivity index (χ1v) is 13.6. The van der Waals surface area contributed by atoms with Crippen LogP contribution in [-0.4, -0.2) is 88.1 Å². The molecule has 4 atom stereocenters. The molecule has 9 nitrogen and oxygen atoms in total. The fourth-order valence-corrected chi connectivity index (χ4v) is 5.80. The number of pyridine rings is 1. The molecule has 2 aromatic heterocycles. The van der Waals surface area contributed by atoms with E-state index in [0.29, 0.717) is 34.5 Å². The molecule has 0 amide bonds. The number of fused-ring (bicyclic) bond motifs is 2. The van der Waals surface area contributed by atoms with E-state index in [-0.39, 0.29) is 24.9 Å². The molecule has 5 heterocycles. The van der Waals surface area contributed by atoms with E-state index in [0.717, 1.165) is 47.7 Å². The SMILES string of the molecule is CCN1CCN=C1c1ccc(-c2ccc(-c3nc4nc(O[C@@H]5CO[C@H]6[C@@H]5OC[C@H]6O)[nH]c4cc3Cl)cc2)cc1. The number of amidine groups is 1. The molecule has 7 rings (SSSR count). The zero-order valence-corrected chi connectivity index (χ0v) is 22.1. The third-order valence-corrected chi connectivity index (χ3v) is 7.89. The number of imidazole rings is 1. The Morgan fingerprint density at radius 2 is 1.67 bits per heavy atom. The van der Waals surface area contributed by atoms with Crippen LogP contribution in [0, 0.1) is 0 Å². The van der Waals surface area contributed by atoms with E-state index in [9.17, 15) is 5.11 Å². The van der Waals surface area contributed by atoms with Crippen molar-refractivity contribution >= 4 is 28.6 Å². The van der Waals surface area contributed by atoms with Crippen LogP contribution in [0.5, 0.6) is 6.01 Å². The van der Waals surface area contributed by atoms with Crippen LogP contribution in [0.15, 0.2) is 59.6 Å². The van der Waals surface area contributed by atoms with Gasteiger partial charge in [-0.3, -0.25) is 4.99 Å². The Hall–Kier alpha value is -3.50. The number of nitrogens with zero attached hydrogens (tertiary/aromatic N) is 4. The minimum absolute atomic E-state index is 0.243. The average molecular weight is 546 g/mol. The third-order valence-electron chi connectivity index (χ3n) is 7.60. The molecule has 200 valence electrons. The van der Waals surface area contributed by atoms with Gasteiger partial charge in [0.1, 0.15) is 24.1 Å². The number of aromatic nitrogens is 3. The number of hydrogen-bond acceptors (Lipinski definition) is 8. The Kier molecular flexibility index (Phi) is 6.24. The van der Waals surface area contributed by atoms with Gasteiger partial charge in [0.25, 0.3) is 6.01 Å². The van der Waals surface area contributed by atoms with Gasteiger partial charge in [-0.05, 0) is 24.1 Å². The lowest BCUT2D eigenvalue weighted by atomic mass is 10.0. The molecule has 4 aromatic rings. The van der Waals surface area contributed by atoms with Crippen LogP contribution in [0.3, 0.4) is 0 Å². The van der Waals surface area contributed by atoms with Crippen molar-refractivity contribution in [1.29, 1.82) is 0 Å². The number of likely N-dealkylation sites (N-methyl/N-ethyl adjacent to an activating group) is 1. The molecule has 10 heteroatoms. The Morgan fingerprint density at radius 1 is 0.974 bits per heavy atom. The first-order chi connectivity index (χ1) is 19.1. The lowest BCUT2D eigenvalue weighted by molar-refractivity contribution is 0.00706. The lowest BCUT2D eigenvalue weighted by Gasteiger charge is -2.18. The Balaban J connectivity index is 1.09. The summed E-state index contributed by atoms with van der Waals surface area (Å²) in [5.74, 6) is 1.08. The second-order valence-corrected chi connectivity index (χ2v) is 10.4. The first-order valence-electron chi connectivity index (χ1n) is 13.2. The molecule has 0 saturated carbocycles. The number of aromatic amines is 1. The summed E-state index contributed by atoms with van der Waals surface area (Å²) in [4.78, 5) is 19.3. The van der Waals surface area contributed by atoms with E-state index in [1.165, 1.54) is 0 Å². The molecule has 2 aromatic carbocycles. The van der Waals surface area contributed by atoms with E-state index in [2.05, 4.69) is 63.2 Å². The Bertz CT molecular complexity index is 1540. The van der Waals surface area contributed by atoms with E-state index in [1.807, 2.05) is 12.1 Å². The topological polar surface area (TPSA) is 105 Å². The second kappa shape index (κ2) is 9.91. The van der Waals surface area contributed by atoms with Gasteiger partial charge in [-0.2, -0.15) is 4.98 Å². The summed E-state index contributed by atoms with van der Waals surface area (Å²) in [6, 6.07) is 18.9. The predicted octanol–water partition coefficient (Wildman–Crippen LogP) is 3.93. The van der Waals surface area contributed by atoms with Crippen molar-refractivity contribution in [3.63, 3.8) is 0 Å². The molecule has 0 aliphatic carbocycles. The van der Waals surface area contributed by atoms with E-state index >= 15 is 0 Å². The zero-order valence-electron chi connectivity index (χ0n) is 21.4. The Labute approximate surface area is 230 Å². The second-order valence-electron chi connectivity index (χ2n) is 9.99. The molecule has 2 N–H and O–H groups in total. The largest absolute Gasteiger partial charge is 0.456 e. The molecule has 2 fully saturated rings. The highest BCUT2D eigenvalue weighted by molar-refractivity contribution is 6.33. The molecule has 3 aliphatic heterocycles. The molecule has 2 saturated heterocycles. The molecule has 0 radical (unpaired) electrons. The number of aliphatic hydroxyl groups is 1. The fraction of sp³-hybridized carbons (Fsp3) is 0.345. The molecule has 0 spiro atoms. The van der Waals surface area contributed by atoms with Crippen molar-refractivity contribution in [2.24, 2.45) is 4.99 Å². The number of aliphatic hydroxyl groups excluding tert-OH is 1. The van der Waals surface area contributed by atoms with Gasteiger partial charge >= 0.3 is 0 Å². The number of ether oxygens (including phenoxy) is 3. The van der Waals surface area contributed by atoms with Crippen LogP contribution in [0.2, 0.25) is 5.02 Å². The van der Waals surface area contributed by atoms with Gasteiger partial charge in [-0.15, -0.1) is 0 Å². The highest BCUT2D eigenvalue weighted by atomic mass is 35.5. The van der Waals surface area contributed by atoms with Gasteiger partial charge in [0.05, 0.1) is 36.0 Å². The number of hydrogen-bond donors (Lipinski definition) is 2. The van der Waals surface area contributed by atoms with Crippen molar-refractivity contribution in [2.45, 2.75) is 31.3 Å². The number of rotatable bonds is 6. The summed E-state index contributed by atoms with van der Waals surface area (Å²) in [6.45, 7) is 5.54. The monoisotopic (exact) mass is 545 g/mol. The summed E-state index contributed by atoms with van der Waals surface area (Å²) >= 11 is 6.63. The van der Waals surface area contributed by atoms with Crippen molar-refractivity contribution in [2.75, 3.05) is 32.8 Å². The number of H-pyrrole nitrogens is 1. The number of benzene rings is 2. The minimum atomic E-state index is -0.633. The molecule has 3 aliphatic rings. The smallest absolute Gasteiger partial charge is 0.296 e. The maximum atomic E-state index is 9.96. The summed E-state index contributed by atoms with van der Waals surface area (Å²) < 4.78 is 17.3. The summed E-state index contributed by atoms with van der Waals surface area (Å²) in [5, 5.41) is 10.5. The van der Waals surface area contributed by atoms with Gasteiger partial charge in [0, 0.05) is 24.2 Å². The van der Waals surface area contributed by atoms with Gasteiger partial charge in [-0.25, -0.2) is 4.98 Å². The van der Waals surface area contributed by atoms with Gasteiger partial charge < -0.3 is 29.2 Å². The van der Waals surface area contributed by atoms with Gasteiger partial charge in [0.2, 0.25) is 0 Å². The number of halogens is 1. The molecule has 39 heavy (non-hydrogen) atoms. The van der Waals surface area contributed by atoms with Crippen LogP contribution in [0.25, 0.3) is 33.5 Å². The first kappa shape index (κ1) is 24.5. The van der Waals surface area contributed by atoms with E-state index < -0.39 is 6.10 Å².